The molecule has 16 heteroatoms. The van der Waals surface area contributed by atoms with Gasteiger partial charge in [-0.2, -0.15) is 0 Å². The van der Waals surface area contributed by atoms with Crippen molar-refractivity contribution in [3.8, 4) is 33.9 Å². The highest BCUT2D eigenvalue weighted by Gasteiger charge is 2.26. The molecule has 3 aromatic carbocycles. The summed E-state index contributed by atoms with van der Waals surface area (Å²) in [5.41, 5.74) is 2.75. The van der Waals surface area contributed by atoms with Crippen molar-refractivity contribution in [3.05, 3.63) is 70.6 Å². The quantitative estimate of drug-likeness (QED) is 0.110. The summed E-state index contributed by atoms with van der Waals surface area (Å²) in [5.74, 6) is -0.497. The van der Waals surface area contributed by atoms with E-state index in [9.17, 15) is 19.2 Å². The van der Waals surface area contributed by atoms with Gasteiger partial charge in [-0.05, 0) is 98.0 Å². The molecule has 0 unspecified atom stereocenters. The second-order valence-electron chi connectivity index (χ2n) is 18.0. The van der Waals surface area contributed by atoms with E-state index >= 15 is 0 Å². The number of anilines is 4. The maximum Gasteiger partial charge on any atom is 0.412 e. The average Bonchev–Trinajstić information content (AvgIpc) is 3.79. The Balaban J connectivity index is 1.53. The summed E-state index contributed by atoms with van der Waals surface area (Å²) in [6, 6.07) is 16.0. The molecular formula is C42H51IN10O5. The molecule has 0 fully saturated rings. The Morgan fingerprint density at radius 2 is 0.966 bits per heavy atom. The normalized spacial score (nSPS) is 12.2. The molecule has 0 saturated heterocycles. The van der Waals surface area contributed by atoms with Crippen molar-refractivity contribution >= 4 is 69.2 Å². The van der Waals surface area contributed by atoms with E-state index < -0.39 is 27.9 Å². The number of carbonyl (C=O) groups excluding carboxylic acids is 4. The van der Waals surface area contributed by atoms with Crippen LogP contribution < -0.4 is 21.3 Å². The van der Waals surface area contributed by atoms with E-state index in [0.29, 0.717) is 56.6 Å². The summed E-state index contributed by atoms with van der Waals surface area (Å²) in [6.45, 7) is 21.8. The third kappa shape index (κ3) is 10.8. The highest BCUT2D eigenvalue weighted by Crippen LogP contribution is 2.34. The Morgan fingerprint density at radius 1 is 0.552 bits per heavy atom. The summed E-state index contributed by atoms with van der Waals surface area (Å²) < 4.78 is 9.45. The van der Waals surface area contributed by atoms with Crippen LogP contribution in [0.1, 0.15) is 83.1 Å². The average molecular weight is 903 g/mol. The van der Waals surface area contributed by atoms with Crippen molar-refractivity contribution in [2.45, 2.75) is 88.7 Å². The first-order valence-corrected chi connectivity index (χ1v) is 19.7. The second-order valence-corrected chi connectivity index (χ2v) is 19.2. The summed E-state index contributed by atoms with van der Waals surface area (Å²) >= 11 is 2.17. The fourth-order valence-electron chi connectivity index (χ4n) is 5.06. The molecule has 2 heterocycles. The number of carbonyl (C=O) groups is 4. The molecule has 5 rings (SSSR count). The van der Waals surface area contributed by atoms with Gasteiger partial charge in [0, 0.05) is 36.6 Å². The van der Waals surface area contributed by atoms with Gasteiger partial charge >= 0.3 is 6.09 Å². The van der Waals surface area contributed by atoms with E-state index in [2.05, 4.69) is 64.5 Å². The zero-order valence-electron chi connectivity index (χ0n) is 35.0. The maximum absolute atomic E-state index is 13.2. The first-order valence-electron chi connectivity index (χ1n) is 18.7. The van der Waals surface area contributed by atoms with E-state index in [1.165, 1.54) is 0 Å². The Morgan fingerprint density at radius 3 is 1.41 bits per heavy atom. The third-order valence-electron chi connectivity index (χ3n) is 8.48. The number of ether oxygens (including phenoxy) is 1. The van der Waals surface area contributed by atoms with Gasteiger partial charge in [-0.3, -0.25) is 19.7 Å². The van der Waals surface area contributed by atoms with Crippen LogP contribution in [0.2, 0.25) is 0 Å². The van der Waals surface area contributed by atoms with E-state index in [1.807, 2.05) is 86.6 Å². The number of nitrogens with one attached hydrogen (secondary N) is 4. The van der Waals surface area contributed by atoms with Crippen molar-refractivity contribution in [1.29, 1.82) is 0 Å². The van der Waals surface area contributed by atoms with Gasteiger partial charge < -0.3 is 20.7 Å². The Labute approximate surface area is 352 Å². The summed E-state index contributed by atoms with van der Waals surface area (Å²) in [4.78, 5) is 51.6. The Hall–Kier alpha value is -5.65. The minimum Gasteiger partial charge on any atom is -0.444 e. The first-order chi connectivity index (χ1) is 26.8. The first kappa shape index (κ1) is 43.5. The Kier molecular flexibility index (Phi) is 12.2. The van der Waals surface area contributed by atoms with Crippen LogP contribution in [0.25, 0.3) is 33.9 Å². The fourth-order valence-corrected chi connectivity index (χ4v) is 5.70. The van der Waals surface area contributed by atoms with Crippen LogP contribution in [0.4, 0.5) is 27.5 Å². The zero-order valence-corrected chi connectivity index (χ0v) is 37.1. The Bertz CT molecular complexity index is 2370. The van der Waals surface area contributed by atoms with E-state index in [-0.39, 0.29) is 17.7 Å². The molecule has 306 valence electrons. The highest BCUT2D eigenvalue weighted by molar-refractivity contribution is 14.1. The van der Waals surface area contributed by atoms with Crippen molar-refractivity contribution in [2.24, 2.45) is 16.2 Å². The van der Waals surface area contributed by atoms with Gasteiger partial charge in [-0.1, -0.05) is 72.7 Å². The van der Waals surface area contributed by atoms with Crippen LogP contribution in [0.5, 0.6) is 0 Å². The summed E-state index contributed by atoms with van der Waals surface area (Å²) in [5, 5.41) is 29.5. The molecule has 0 aliphatic carbocycles. The molecule has 0 bridgehead atoms. The number of hydrogen-bond donors (Lipinski definition) is 4. The number of nitrogens with zero attached hydrogens (tertiary/aromatic N) is 6. The smallest absolute Gasteiger partial charge is 0.412 e. The molecule has 0 radical (unpaired) electrons. The van der Waals surface area contributed by atoms with Crippen molar-refractivity contribution in [2.75, 3.05) is 21.3 Å². The molecule has 58 heavy (non-hydrogen) atoms. The van der Waals surface area contributed by atoms with Gasteiger partial charge in [0.1, 0.15) is 17.0 Å². The fraction of sp³-hybridized carbons (Fsp3) is 0.381. The molecule has 4 N–H and O–H groups in total. The topological polar surface area (TPSA) is 187 Å². The molecule has 2 aromatic heterocycles. The lowest BCUT2D eigenvalue weighted by Gasteiger charge is -2.21. The van der Waals surface area contributed by atoms with E-state index in [4.69, 9.17) is 4.74 Å². The lowest BCUT2D eigenvalue weighted by atomic mass is 9.95. The molecule has 0 aliphatic rings. The van der Waals surface area contributed by atoms with Gasteiger partial charge in [-0.15, -0.1) is 10.2 Å². The molecule has 0 saturated carbocycles. The van der Waals surface area contributed by atoms with E-state index in [1.54, 1.807) is 72.9 Å². The predicted octanol–water partition coefficient (Wildman–Crippen LogP) is 9.09. The molecule has 0 spiro atoms. The van der Waals surface area contributed by atoms with Crippen LogP contribution in [0, 0.1) is 19.8 Å². The SMILES string of the molecule is CC(C)(C)OC(=O)Nc1ccc(NC(=O)C(C)(C)C)c(-c2cn(-c3ccc(NC(=O)C(C)(C)C)c(-c4cn(-c5ccc(NC(=O)C(C)(C)C)c(I)c5)nn4)c3)nn2)c1. The maximum atomic E-state index is 13.2. The molecule has 5 aromatic rings. The summed E-state index contributed by atoms with van der Waals surface area (Å²) in [7, 11) is 0. The molecule has 0 atom stereocenters. The lowest BCUT2D eigenvalue weighted by Crippen LogP contribution is -2.28. The molecule has 15 nitrogen and oxygen atoms in total. The van der Waals surface area contributed by atoms with E-state index in [0.717, 1.165) is 3.57 Å². The predicted molar refractivity (Wildman–Crippen MR) is 234 cm³/mol. The number of rotatable bonds is 8. The van der Waals surface area contributed by atoms with Crippen LogP contribution in [0.15, 0.2) is 67.0 Å². The number of benzene rings is 3. The molecule has 0 aliphatic heterocycles. The number of aromatic nitrogens is 6. The lowest BCUT2D eigenvalue weighted by molar-refractivity contribution is -0.123. The summed E-state index contributed by atoms with van der Waals surface area (Å²) in [6.07, 6.45) is 2.82. The van der Waals surface area contributed by atoms with Crippen molar-refractivity contribution < 1.29 is 23.9 Å². The van der Waals surface area contributed by atoms with Gasteiger partial charge in [0.05, 0.1) is 40.8 Å². The molecule has 4 amide bonds. The minimum atomic E-state index is -0.703. The van der Waals surface area contributed by atoms with Crippen LogP contribution in [-0.4, -0.2) is 59.4 Å². The van der Waals surface area contributed by atoms with Crippen LogP contribution in [0.3, 0.4) is 0 Å². The minimum absolute atomic E-state index is 0.0955. The third-order valence-corrected chi connectivity index (χ3v) is 9.37. The highest BCUT2D eigenvalue weighted by atomic mass is 127. The standard InChI is InChI=1S/C42H51IN10O5/c1-39(2,3)35(54)45-30-16-13-24(44-38(57)58-42(10,11)12)19-27(30)33-22-52(50-48-33)25-14-17-31(46-36(55)40(4,5)6)28(20-25)34-23-53(51-49-34)26-15-18-32(29(43)21-26)47-37(56)41(7,8)9/h13-23H,1-12H3,(H,44,57)(H,45,54)(H,46,55)(H,47,56). The number of hydrogen-bond acceptors (Lipinski definition) is 9. The van der Waals surface area contributed by atoms with Crippen molar-refractivity contribution in [1.82, 2.24) is 30.0 Å². The van der Waals surface area contributed by atoms with Gasteiger partial charge in [0.15, 0.2) is 0 Å². The zero-order chi connectivity index (χ0) is 43.0. The second kappa shape index (κ2) is 16.3. The van der Waals surface area contributed by atoms with Crippen LogP contribution in [-0.2, 0) is 19.1 Å². The number of halogens is 1. The van der Waals surface area contributed by atoms with Crippen LogP contribution >= 0.6 is 22.6 Å². The van der Waals surface area contributed by atoms with Gasteiger partial charge in [0.25, 0.3) is 0 Å². The van der Waals surface area contributed by atoms with Gasteiger partial charge in [-0.25, -0.2) is 14.2 Å². The largest absolute Gasteiger partial charge is 0.444 e. The van der Waals surface area contributed by atoms with Gasteiger partial charge in [0.2, 0.25) is 17.7 Å². The van der Waals surface area contributed by atoms with Crippen molar-refractivity contribution in [3.63, 3.8) is 0 Å². The molecular weight excluding hydrogens is 851 g/mol. The monoisotopic (exact) mass is 902 g/mol. The number of amides is 4.